The highest BCUT2D eigenvalue weighted by Crippen LogP contribution is 2.36. The predicted octanol–water partition coefficient (Wildman–Crippen LogP) is 2.10. The van der Waals surface area contributed by atoms with Gasteiger partial charge in [-0.25, -0.2) is 0 Å². The van der Waals surface area contributed by atoms with Crippen LogP contribution in [0.15, 0.2) is 24.3 Å². The van der Waals surface area contributed by atoms with Crippen molar-refractivity contribution in [2.24, 2.45) is 5.84 Å². The van der Waals surface area contributed by atoms with Crippen LogP contribution < -0.4 is 11.3 Å². The molecule has 1 unspecified atom stereocenters. The summed E-state index contributed by atoms with van der Waals surface area (Å²) in [4.78, 5) is 0. The Morgan fingerprint density at radius 2 is 2.06 bits per heavy atom. The normalized spacial score (nSPS) is 18.1. The second kappa shape index (κ2) is 5.43. The molecule has 0 spiro atoms. The molecule has 1 atom stereocenters. The summed E-state index contributed by atoms with van der Waals surface area (Å²) in [7, 11) is 1.69. The zero-order valence-electron chi connectivity index (χ0n) is 9.78. The first-order valence-electron chi connectivity index (χ1n) is 5.90. The van der Waals surface area contributed by atoms with Gasteiger partial charge in [0.1, 0.15) is 0 Å². The van der Waals surface area contributed by atoms with Gasteiger partial charge in [-0.2, -0.15) is 0 Å². The Balaban J connectivity index is 2.04. The molecule has 88 valence electrons. The Labute approximate surface area is 97.0 Å². The Bertz CT molecular complexity index is 319. The number of nitrogens with one attached hydrogen (secondary N) is 1. The number of ether oxygens (including phenoxy) is 1. The van der Waals surface area contributed by atoms with Gasteiger partial charge >= 0.3 is 0 Å². The lowest BCUT2D eigenvalue weighted by atomic mass is 9.80. The smallest absolute Gasteiger partial charge is 0.0693 e. The van der Waals surface area contributed by atoms with Crippen LogP contribution in [-0.2, 0) is 4.74 Å². The van der Waals surface area contributed by atoms with Crippen LogP contribution in [0.1, 0.15) is 42.3 Å². The first-order valence-corrected chi connectivity index (χ1v) is 5.90. The van der Waals surface area contributed by atoms with Crippen molar-refractivity contribution in [1.29, 1.82) is 0 Å². The molecule has 1 aromatic carbocycles. The van der Waals surface area contributed by atoms with Crippen molar-refractivity contribution in [1.82, 2.24) is 5.43 Å². The third-order valence-electron chi connectivity index (χ3n) is 3.45. The van der Waals surface area contributed by atoms with Gasteiger partial charge < -0.3 is 4.74 Å². The number of methoxy groups -OCH3 is 1. The molecule has 0 bridgehead atoms. The van der Waals surface area contributed by atoms with Crippen LogP contribution >= 0.6 is 0 Å². The van der Waals surface area contributed by atoms with E-state index in [9.17, 15) is 0 Å². The van der Waals surface area contributed by atoms with Crippen molar-refractivity contribution < 1.29 is 4.74 Å². The summed E-state index contributed by atoms with van der Waals surface area (Å²) in [5, 5.41) is 0. The molecule has 0 aliphatic heterocycles. The van der Waals surface area contributed by atoms with Gasteiger partial charge in [-0.1, -0.05) is 30.7 Å². The number of rotatable bonds is 5. The van der Waals surface area contributed by atoms with Crippen molar-refractivity contribution in [3.63, 3.8) is 0 Å². The molecule has 3 N–H and O–H groups in total. The Morgan fingerprint density at radius 1 is 1.38 bits per heavy atom. The maximum atomic E-state index is 5.50. The largest absolute Gasteiger partial charge is 0.383 e. The summed E-state index contributed by atoms with van der Waals surface area (Å²) in [5.41, 5.74) is 5.42. The fraction of sp³-hybridized carbons (Fsp3) is 0.538. The third kappa shape index (κ3) is 2.43. The van der Waals surface area contributed by atoms with Gasteiger partial charge in [0.05, 0.1) is 12.6 Å². The van der Waals surface area contributed by atoms with Gasteiger partial charge in [0.25, 0.3) is 0 Å². The molecular weight excluding hydrogens is 200 g/mol. The molecule has 1 aliphatic rings. The standard InChI is InChI=1S/C13H20N2O/c1-16-9-13(15-14)12-7-5-11(6-8-12)10-3-2-4-10/h5-8,10,13,15H,2-4,9,14H2,1H3. The van der Waals surface area contributed by atoms with E-state index in [1.807, 2.05) is 0 Å². The van der Waals surface area contributed by atoms with Crippen LogP contribution in [0.25, 0.3) is 0 Å². The van der Waals surface area contributed by atoms with Crippen LogP contribution in [-0.4, -0.2) is 13.7 Å². The Hall–Kier alpha value is -0.900. The van der Waals surface area contributed by atoms with Crippen molar-refractivity contribution in [3.05, 3.63) is 35.4 Å². The summed E-state index contributed by atoms with van der Waals surface area (Å²) >= 11 is 0. The van der Waals surface area contributed by atoms with E-state index in [-0.39, 0.29) is 6.04 Å². The van der Waals surface area contributed by atoms with E-state index in [1.165, 1.54) is 30.4 Å². The molecule has 1 fully saturated rings. The molecule has 0 amide bonds. The molecule has 0 heterocycles. The minimum absolute atomic E-state index is 0.0837. The summed E-state index contributed by atoms with van der Waals surface area (Å²) in [6.07, 6.45) is 4.06. The lowest BCUT2D eigenvalue weighted by Gasteiger charge is -2.26. The SMILES string of the molecule is COCC(NN)c1ccc(C2CCC2)cc1. The molecule has 16 heavy (non-hydrogen) atoms. The van der Waals surface area contributed by atoms with E-state index in [4.69, 9.17) is 10.6 Å². The molecule has 1 saturated carbocycles. The van der Waals surface area contributed by atoms with Crippen LogP contribution in [0, 0.1) is 0 Å². The number of benzene rings is 1. The highest BCUT2D eigenvalue weighted by molar-refractivity contribution is 5.28. The van der Waals surface area contributed by atoms with Crippen LogP contribution in [0.3, 0.4) is 0 Å². The molecule has 0 saturated heterocycles. The molecule has 0 aromatic heterocycles. The number of hydrogen-bond acceptors (Lipinski definition) is 3. The highest BCUT2D eigenvalue weighted by atomic mass is 16.5. The Morgan fingerprint density at radius 3 is 2.50 bits per heavy atom. The van der Waals surface area contributed by atoms with E-state index in [1.54, 1.807) is 7.11 Å². The van der Waals surface area contributed by atoms with Crippen molar-refractivity contribution in [3.8, 4) is 0 Å². The topological polar surface area (TPSA) is 47.3 Å². The lowest BCUT2D eigenvalue weighted by molar-refractivity contribution is 0.167. The van der Waals surface area contributed by atoms with Crippen LogP contribution in [0.4, 0.5) is 0 Å². The van der Waals surface area contributed by atoms with E-state index >= 15 is 0 Å². The van der Waals surface area contributed by atoms with Crippen LogP contribution in [0.5, 0.6) is 0 Å². The first kappa shape index (κ1) is 11.6. The fourth-order valence-electron chi connectivity index (χ4n) is 2.15. The van der Waals surface area contributed by atoms with Gasteiger partial charge in [-0.15, -0.1) is 0 Å². The van der Waals surface area contributed by atoms with Gasteiger partial charge in [-0.3, -0.25) is 11.3 Å². The predicted molar refractivity (Wildman–Crippen MR) is 65.0 cm³/mol. The van der Waals surface area contributed by atoms with Gasteiger partial charge in [0, 0.05) is 7.11 Å². The quantitative estimate of drug-likeness (QED) is 0.590. The average molecular weight is 220 g/mol. The van der Waals surface area contributed by atoms with Crippen molar-refractivity contribution in [2.75, 3.05) is 13.7 Å². The first-order chi connectivity index (χ1) is 7.85. The molecule has 0 radical (unpaired) electrons. The van der Waals surface area contributed by atoms with Gasteiger partial charge in [0.2, 0.25) is 0 Å². The summed E-state index contributed by atoms with van der Waals surface area (Å²) in [6, 6.07) is 8.83. The van der Waals surface area contributed by atoms with E-state index in [0.717, 1.165) is 5.92 Å². The minimum atomic E-state index is 0.0837. The molecular formula is C13H20N2O. The zero-order valence-corrected chi connectivity index (χ0v) is 9.78. The summed E-state index contributed by atoms with van der Waals surface area (Å²) in [5.74, 6) is 6.29. The van der Waals surface area contributed by atoms with E-state index in [2.05, 4.69) is 29.7 Å². The van der Waals surface area contributed by atoms with E-state index in [0.29, 0.717) is 6.61 Å². The number of hydrogen-bond donors (Lipinski definition) is 2. The van der Waals surface area contributed by atoms with Gasteiger partial charge in [0.15, 0.2) is 0 Å². The molecule has 1 aliphatic carbocycles. The fourth-order valence-corrected chi connectivity index (χ4v) is 2.15. The number of hydrazine groups is 1. The lowest BCUT2D eigenvalue weighted by Crippen LogP contribution is -2.31. The molecule has 1 aromatic rings. The second-order valence-corrected chi connectivity index (χ2v) is 4.47. The summed E-state index contributed by atoms with van der Waals surface area (Å²) < 4.78 is 5.12. The highest BCUT2D eigenvalue weighted by Gasteiger charge is 2.19. The maximum Gasteiger partial charge on any atom is 0.0693 e. The molecule has 3 heteroatoms. The van der Waals surface area contributed by atoms with Crippen molar-refractivity contribution >= 4 is 0 Å². The zero-order chi connectivity index (χ0) is 11.4. The number of nitrogens with two attached hydrogens (primary N) is 1. The monoisotopic (exact) mass is 220 g/mol. The molecule has 2 rings (SSSR count). The van der Waals surface area contributed by atoms with Gasteiger partial charge in [-0.05, 0) is 29.9 Å². The average Bonchev–Trinajstić information content (AvgIpc) is 2.25. The molecule has 3 nitrogen and oxygen atoms in total. The minimum Gasteiger partial charge on any atom is -0.383 e. The van der Waals surface area contributed by atoms with E-state index < -0.39 is 0 Å². The second-order valence-electron chi connectivity index (χ2n) is 4.47. The third-order valence-corrected chi connectivity index (χ3v) is 3.45. The Kier molecular flexibility index (Phi) is 3.93. The van der Waals surface area contributed by atoms with Crippen LogP contribution in [0.2, 0.25) is 0 Å². The summed E-state index contributed by atoms with van der Waals surface area (Å²) in [6.45, 7) is 0.597. The maximum absolute atomic E-state index is 5.50. The van der Waals surface area contributed by atoms with Crippen molar-refractivity contribution in [2.45, 2.75) is 31.2 Å².